The van der Waals surface area contributed by atoms with Crippen molar-refractivity contribution < 1.29 is 14.6 Å². The van der Waals surface area contributed by atoms with Gasteiger partial charge in [-0.2, -0.15) is 0 Å². The van der Waals surface area contributed by atoms with Gasteiger partial charge in [0.25, 0.3) is 0 Å². The van der Waals surface area contributed by atoms with Crippen molar-refractivity contribution in [3.05, 3.63) is 23.9 Å². The number of ether oxygens (including phenoxy) is 2. The second-order valence-electron chi connectivity index (χ2n) is 5.18. The summed E-state index contributed by atoms with van der Waals surface area (Å²) in [6.07, 6.45) is 1.39. The highest BCUT2D eigenvalue weighted by atomic mass is 16.5. The van der Waals surface area contributed by atoms with E-state index in [2.05, 4.69) is 9.88 Å². The molecule has 0 radical (unpaired) electrons. The van der Waals surface area contributed by atoms with Crippen molar-refractivity contribution in [2.75, 3.05) is 33.9 Å². The maximum atomic E-state index is 10.5. The van der Waals surface area contributed by atoms with Gasteiger partial charge in [-0.05, 0) is 13.1 Å². The van der Waals surface area contributed by atoms with E-state index in [1.807, 2.05) is 25.2 Å². The molecule has 0 bridgehead atoms. The fourth-order valence-corrected chi connectivity index (χ4v) is 2.40. The van der Waals surface area contributed by atoms with Crippen molar-refractivity contribution in [1.82, 2.24) is 9.88 Å². The van der Waals surface area contributed by atoms with Gasteiger partial charge >= 0.3 is 0 Å². The summed E-state index contributed by atoms with van der Waals surface area (Å²) in [5.74, 6) is 0.621. The van der Waals surface area contributed by atoms with Gasteiger partial charge < -0.3 is 14.6 Å². The lowest BCUT2D eigenvalue weighted by Crippen LogP contribution is -2.45. The Morgan fingerprint density at radius 1 is 1.42 bits per heavy atom. The van der Waals surface area contributed by atoms with Crippen LogP contribution < -0.4 is 4.74 Å². The molecule has 0 amide bonds. The summed E-state index contributed by atoms with van der Waals surface area (Å²) >= 11 is 0. The molecule has 1 saturated heterocycles. The molecule has 5 nitrogen and oxygen atoms in total. The molecule has 19 heavy (non-hydrogen) atoms. The number of hydrogen-bond donors (Lipinski definition) is 1. The third-order valence-electron chi connectivity index (χ3n) is 3.41. The van der Waals surface area contributed by atoms with Gasteiger partial charge in [0.05, 0.1) is 18.4 Å². The molecule has 0 aromatic carbocycles. The third-order valence-corrected chi connectivity index (χ3v) is 3.41. The van der Waals surface area contributed by atoms with Crippen molar-refractivity contribution in [2.45, 2.75) is 25.0 Å². The minimum absolute atomic E-state index is 0.621. The lowest BCUT2D eigenvalue weighted by atomic mass is 9.94. The molecule has 0 atom stereocenters. The quantitative estimate of drug-likeness (QED) is 0.864. The minimum atomic E-state index is -0.633. The first kappa shape index (κ1) is 14.2. The van der Waals surface area contributed by atoms with Crippen molar-refractivity contribution in [3.63, 3.8) is 0 Å². The molecule has 1 aromatic heterocycles. The second kappa shape index (κ2) is 6.32. The summed E-state index contributed by atoms with van der Waals surface area (Å²) < 4.78 is 10.4. The van der Waals surface area contributed by atoms with Crippen LogP contribution in [0.2, 0.25) is 0 Å². The number of likely N-dealkylation sites (N-methyl/N-ethyl adjacent to an activating group) is 1. The Labute approximate surface area is 114 Å². The normalized spacial score (nSPS) is 18.5. The van der Waals surface area contributed by atoms with Crippen LogP contribution in [0.1, 0.15) is 18.5 Å². The zero-order chi connectivity index (χ0) is 13.7. The topological polar surface area (TPSA) is 54.8 Å². The monoisotopic (exact) mass is 266 g/mol. The lowest BCUT2D eigenvalue weighted by molar-refractivity contribution is -0.0778. The Balaban J connectivity index is 1.91. The molecule has 0 saturated carbocycles. The maximum absolute atomic E-state index is 10.5. The van der Waals surface area contributed by atoms with Gasteiger partial charge in [-0.25, -0.2) is 4.98 Å². The molecule has 2 rings (SSSR count). The van der Waals surface area contributed by atoms with E-state index >= 15 is 0 Å². The fraction of sp³-hybridized carbons (Fsp3) is 0.643. The van der Waals surface area contributed by atoms with Gasteiger partial charge in [-0.1, -0.05) is 6.07 Å². The second-order valence-corrected chi connectivity index (χ2v) is 5.18. The smallest absolute Gasteiger partial charge is 0.213 e. The highest BCUT2D eigenvalue weighted by molar-refractivity contribution is 5.15. The SMILES string of the molecule is COc1cccc(CN(C)CC2(O)CCOCC2)n1. The summed E-state index contributed by atoms with van der Waals surface area (Å²) in [5, 5.41) is 10.5. The summed E-state index contributed by atoms with van der Waals surface area (Å²) in [4.78, 5) is 6.47. The van der Waals surface area contributed by atoms with Crippen LogP contribution in [-0.4, -0.2) is 54.5 Å². The van der Waals surface area contributed by atoms with Crippen molar-refractivity contribution in [3.8, 4) is 5.88 Å². The third kappa shape index (κ3) is 4.16. The molecule has 2 heterocycles. The standard InChI is InChI=1S/C14H22N2O3/c1-16(11-14(17)6-8-19-9-7-14)10-12-4-3-5-13(15-12)18-2/h3-5,17H,6-11H2,1-2H3. The van der Waals surface area contributed by atoms with Crippen LogP contribution in [0.5, 0.6) is 5.88 Å². The van der Waals surface area contributed by atoms with Crippen LogP contribution in [0.15, 0.2) is 18.2 Å². The van der Waals surface area contributed by atoms with E-state index < -0.39 is 5.60 Å². The Morgan fingerprint density at radius 2 is 2.16 bits per heavy atom. The first-order chi connectivity index (χ1) is 9.11. The Kier molecular flexibility index (Phi) is 4.74. The van der Waals surface area contributed by atoms with Crippen LogP contribution >= 0.6 is 0 Å². The number of aliphatic hydroxyl groups is 1. The van der Waals surface area contributed by atoms with E-state index in [0.29, 0.717) is 45.0 Å². The highest BCUT2D eigenvalue weighted by Gasteiger charge is 2.30. The largest absolute Gasteiger partial charge is 0.481 e. The van der Waals surface area contributed by atoms with Gasteiger partial charge in [0.1, 0.15) is 0 Å². The molecule has 0 unspecified atom stereocenters. The molecule has 5 heteroatoms. The summed E-state index contributed by atoms with van der Waals surface area (Å²) in [6, 6.07) is 5.72. The van der Waals surface area contributed by atoms with Crippen molar-refractivity contribution in [2.24, 2.45) is 0 Å². The van der Waals surface area contributed by atoms with Gasteiger partial charge in [-0.3, -0.25) is 4.90 Å². The molecule has 0 aliphatic carbocycles. The Morgan fingerprint density at radius 3 is 2.84 bits per heavy atom. The van der Waals surface area contributed by atoms with E-state index in [4.69, 9.17) is 9.47 Å². The zero-order valence-electron chi connectivity index (χ0n) is 11.6. The highest BCUT2D eigenvalue weighted by Crippen LogP contribution is 2.21. The predicted molar refractivity (Wildman–Crippen MR) is 72.1 cm³/mol. The summed E-state index contributed by atoms with van der Waals surface area (Å²) in [7, 11) is 3.61. The van der Waals surface area contributed by atoms with Gasteiger partial charge in [0.15, 0.2) is 0 Å². The number of aromatic nitrogens is 1. The molecule has 1 aliphatic heterocycles. The number of methoxy groups -OCH3 is 1. The van der Waals surface area contributed by atoms with Gasteiger partial charge in [-0.15, -0.1) is 0 Å². The number of hydrogen-bond acceptors (Lipinski definition) is 5. The minimum Gasteiger partial charge on any atom is -0.481 e. The number of nitrogens with zero attached hydrogens (tertiary/aromatic N) is 2. The predicted octanol–water partition coefficient (Wildman–Crippen LogP) is 1.06. The van der Waals surface area contributed by atoms with Crippen LogP contribution in [0.3, 0.4) is 0 Å². The van der Waals surface area contributed by atoms with E-state index in [-0.39, 0.29) is 0 Å². The van der Waals surface area contributed by atoms with E-state index in [9.17, 15) is 5.11 Å². The number of rotatable bonds is 5. The Bertz CT molecular complexity index is 405. The van der Waals surface area contributed by atoms with E-state index in [1.54, 1.807) is 7.11 Å². The lowest BCUT2D eigenvalue weighted by Gasteiger charge is -2.35. The van der Waals surface area contributed by atoms with Crippen molar-refractivity contribution >= 4 is 0 Å². The number of pyridine rings is 1. The average molecular weight is 266 g/mol. The first-order valence-corrected chi connectivity index (χ1v) is 6.60. The molecule has 1 N–H and O–H groups in total. The molecule has 1 aromatic rings. The Hall–Kier alpha value is -1.17. The maximum Gasteiger partial charge on any atom is 0.213 e. The average Bonchev–Trinajstić information content (AvgIpc) is 2.39. The summed E-state index contributed by atoms with van der Waals surface area (Å²) in [5.41, 5.74) is 0.309. The van der Waals surface area contributed by atoms with Crippen LogP contribution in [-0.2, 0) is 11.3 Å². The van der Waals surface area contributed by atoms with Crippen molar-refractivity contribution in [1.29, 1.82) is 0 Å². The van der Waals surface area contributed by atoms with Gasteiger partial charge in [0.2, 0.25) is 5.88 Å². The van der Waals surface area contributed by atoms with Crippen LogP contribution in [0.25, 0.3) is 0 Å². The van der Waals surface area contributed by atoms with E-state index in [1.165, 1.54) is 0 Å². The van der Waals surface area contributed by atoms with E-state index in [0.717, 1.165) is 5.69 Å². The summed E-state index contributed by atoms with van der Waals surface area (Å²) in [6.45, 7) is 2.61. The molecule has 1 fully saturated rings. The molecule has 1 aliphatic rings. The fourth-order valence-electron chi connectivity index (χ4n) is 2.40. The van der Waals surface area contributed by atoms with Crippen LogP contribution in [0, 0.1) is 0 Å². The van der Waals surface area contributed by atoms with Gasteiger partial charge in [0, 0.05) is 45.2 Å². The van der Waals surface area contributed by atoms with Crippen LogP contribution in [0.4, 0.5) is 0 Å². The molecular weight excluding hydrogens is 244 g/mol. The molecule has 0 spiro atoms. The first-order valence-electron chi connectivity index (χ1n) is 6.60. The molecule has 106 valence electrons. The zero-order valence-corrected chi connectivity index (χ0v) is 11.6. The molecular formula is C14H22N2O3.